The van der Waals surface area contributed by atoms with Gasteiger partial charge in [0, 0.05) is 17.6 Å². The molecule has 2 atom stereocenters. The quantitative estimate of drug-likeness (QED) is 0.895. The minimum Gasteiger partial charge on any atom is -0.393 e. The third-order valence-corrected chi connectivity index (χ3v) is 4.47. The maximum Gasteiger partial charge on any atom is 0.0580 e. The molecule has 1 aromatic rings. The van der Waals surface area contributed by atoms with E-state index >= 15 is 0 Å². The summed E-state index contributed by atoms with van der Waals surface area (Å²) in [7, 11) is 0. The Kier molecular flexibility index (Phi) is 4.60. The van der Waals surface area contributed by atoms with Crippen molar-refractivity contribution >= 4 is 15.9 Å². The first kappa shape index (κ1) is 13.1. The van der Waals surface area contributed by atoms with Gasteiger partial charge < -0.3 is 10.4 Å². The van der Waals surface area contributed by atoms with Crippen molar-refractivity contribution in [2.45, 2.75) is 38.8 Å². The summed E-state index contributed by atoms with van der Waals surface area (Å²) < 4.78 is 1.16. The van der Waals surface area contributed by atoms with Gasteiger partial charge in [-0.15, -0.1) is 0 Å². The van der Waals surface area contributed by atoms with Crippen LogP contribution in [0.2, 0.25) is 0 Å². The van der Waals surface area contributed by atoms with Crippen molar-refractivity contribution in [1.29, 1.82) is 0 Å². The zero-order valence-corrected chi connectivity index (χ0v) is 11.8. The fourth-order valence-corrected chi connectivity index (χ4v) is 2.72. The van der Waals surface area contributed by atoms with Gasteiger partial charge in [-0.05, 0) is 42.9 Å². The maximum atomic E-state index is 9.72. The molecule has 2 rings (SSSR count). The zero-order valence-electron chi connectivity index (χ0n) is 10.2. The topological polar surface area (TPSA) is 32.3 Å². The van der Waals surface area contributed by atoms with Crippen LogP contribution in [0, 0.1) is 12.8 Å². The predicted molar refractivity (Wildman–Crippen MR) is 73.9 cm³/mol. The zero-order chi connectivity index (χ0) is 12.3. The molecule has 1 aliphatic rings. The van der Waals surface area contributed by atoms with Gasteiger partial charge in [-0.1, -0.05) is 34.5 Å². The molecule has 94 valence electrons. The van der Waals surface area contributed by atoms with E-state index < -0.39 is 0 Å². The lowest BCUT2D eigenvalue weighted by molar-refractivity contribution is 0.131. The van der Waals surface area contributed by atoms with Crippen LogP contribution in [0.1, 0.15) is 30.4 Å². The molecule has 0 radical (unpaired) electrons. The Labute approximate surface area is 112 Å². The van der Waals surface area contributed by atoms with Crippen molar-refractivity contribution < 1.29 is 5.11 Å². The third-order valence-electron chi connectivity index (χ3n) is 3.58. The molecule has 1 saturated carbocycles. The Morgan fingerprint density at radius 1 is 1.41 bits per heavy atom. The molecular weight excluding hydrogens is 278 g/mol. The predicted octanol–water partition coefficient (Wildman–Crippen LogP) is 3.01. The maximum absolute atomic E-state index is 9.72. The fraction of sp³-hybridized carbons (Fsp3) is 0.571. The average Bonchev–Trinajstić information content (AvgIpc) is 2.70. The number of hydrogen-bond donors (Lipinski definition) is 2. The second kappa shape index (κ2) is 5.98. The summed E-state index contributed by atoms with van der Waals surface area (Å²) in [5.74, 6) is 0.451. The van der Waals surface area contributed by atoms with Gasteiger partial charge in [0.05, 0.1) is 6.10 Å². The molecule has 0 saturated heterocycles. The van der Waals surface area contributed by atoms with Gasteiger partial charge in [0.25, 0.3) is 0 Å². The first-order valence-corrected chi connectivity index (χ1v) is 7.10. The van der Waals surface area contributed by atoms with E-state index in [0.29, 0.717) is 5.92 Å². The summed E-state index contributed by atoms with van der Waals surface area (Å²) in [6.07, 6.45) is 3.22. The number of benzene rings is 1. The van der Waals surface area contributed by atoms with Crippen LogP contribution in [0.15, 0.2) is 22.7 Å². The van der Waals surface area contributed by atoms with E-state index in [1.165, 1.54) is 17.5 Å². The summed E-state index contributed by atoms with van der Waals surface area (Å²) in [6, 6.07) is 6.42. The highest BCUT2D eigenvalue weighted by Gasteiger charge is 2.24. The molecule has 0 aromatic heterocycles. The van der Waals surface area contributed by atoms with E-state index in [1.807, 2.05) is 0 Å². The lowest BCUT2D eigenvalue weighted by atomic mass is 10.1. The minimum absolute atomic E-state index is 0.0887. The van der Waals surface area contributed by atoms with Crippen LogP contribution in [-0.4, -0.2) is 17.8 Å². The first-order chi connectivity index (χ1) is 8.16. The summed E-state index contributed by atoms with van der Waals surface area (Å²) >= 11 is 3.51. The summed E-state index contributed by atoms with van der Waals surface area (Å²) in [6.45, 7) is 3.92. The Hall–Kier alpha value is -0.380. The van der Waals surface area contributed by atoms with Crippen molar-refractivity contribution in [2.24, 2.45) is 5.92 Å². The number of aliphatic hydroxyl groups excluding tert-OH is 1. The van der Waals surface area contributed by atoms with Crippen LogP contribution in [-0.2, 0) is 6.54 Å². The highest BCUT2D eigenvalue weighted by atomic mass is 79.9. The second-order valence-electron chi connectivity index (χ2n) is 4.97. The lowest BCUT2D eigenvalue weighted by Crippen LogP contribution is -2.27. The molecule has 1 aromatic carbocycles. The van der Waals surface area contributed by atoms with E-state index in [9.17, 15) is 5.11 Å². The lowest BCUT2D eigenvalue weighted by Gasteiger charge is -2.15. The van der Waals surface area contributed by atoms with E-state index in [1.54, 1.807) is 0 Å². The van der Waals surface area contributed by atoms with Gasteiger partial charge in [0.2, 0.25) is 0 Å². The van der Waals surface area contributed by atoms with Crippen molar-refractivity contribution in [3.05, 3.63) is 33.8 Å². The first-order valence-electron chi connectivity index (χ1n) is 6.30. The summed E-state index contributed by atoms with van der Waals surface area (Å²) in [5, 5.41) is 13.2. The largest absolute Gasteiger partial charge is 0.393 e. The molecule has 0 aliphatic heterocycles. The molecule has 1 aliphatic carbocycles. The van der Waals surface area contributed by atoms with Crippen molar-refractivity contribution in [3.63, 3.8) is 0 Å². The summed E-state index contributed by atoms with van der Waals surface area (Å²) in [5.41, 5.74) is 2.57. The number of hydrogen-bond acceptors (Lipinski definition) is 2. The smallest absolute Gasteiger partial charge is 0.0580 e. The van der Waals surface area contributed by atoms with E-state index in [4.69, 9.17) is 0 Å². The minimum atomic E-state index is -0.0887. The van der Waals surface area contributed by atoms with Gasteiger partial charge in [-0.3, -0.25) is 0 Å². The molecule has 0 amide bonds. The Morgan fingerprint density at radius 3 is 2.88 bits per heavy atom. The van der Waals surface area contributed by atoms with Gasteiger partial charge in [0.1, 0.15) is 0 Å². The molecule has 2 nitrogen and oxygen atoms in total. The highest BCUT2D eigenvalue weighted by Crippen LogP contribution is 2.24. The molecule has 0 spiro atoms. The number of aryl methyl sites for hydroxylation is 1. The van der Waals surface area contributed by atoms with Crippen molar-refractivity contribution in [1.82, 2.24) is 5.32 Å². The molecule has 0 bridgehead atoms. The number of aliphatic hydroxyl groups is 1. The standard InChI is InChI=1S/C14H20BrNO/c1-10-7-11(5-6-13(10)15)8-16-9-12-3-2-4-14(12)17/h5-7,12,14,16-17H,2-4,8-9H2,1H3. The van der Waals surface area contributed by atoms with Crippen molar-refractivity contribution in [3.8, 4) is 0 Å². The number of rotatable bonds is 4. The molecule has 2 unspecified atom stereocenters. The van der Waals surface area contributed by atoms with E-state index in [-0.39, 0.29) is 6.10 Å². The van der Waals surface area contributed by atoms with Crippen molar-refractivity contribution in [2.75, 3.05) is 6.54 Å². The second-order valence-corrected chi connectivity index (χ2v) is 5.83. The molecule has 1 fully saturated rings. The number of halogens is 1. The fourth-order valence-electron chi connectivity index (χ4n) is 2.47. The van der Waals surface area contributed by atoms with Crippen LogP contribution < -0.4 is 5.32 Å². The van der Waals surface area contributed by atoms with Gasteiger partial charge in [-0.2, -0.15) is 0 Å². The van der Waals surface area contributed by atoms with Gasteiger partial charge >= 0.3 is 0 Å². The van der Waals surface area contributed by atoms with Crippen LogP contribution in [0.4, 0.5) is 0 Å². The van der Waals surface area contributed by atoms with E-state index in [2.05, 4.69) is 46.4 Å². The highest BCUT2D eigenvalue weighted by molar-refractivity contribution is 9.10. The van der Waals surface area contributed by atoms with Crippen LogP contribution in [0.25, 0.3) is 0 Å². The van der Waals surface area contributed by atoms with Crippen LogP contribution in [0.5, 0.6) is 0 Å². The molecule has 0 heterocycles. The van der Waals surface area contributed by atoms with Gasteiger partial charge in [0.15, 0.2) is 0 Å². The normalized spacial score (nSPS) is 24.2. The van der Waals surface area contributed by atoms with Gasteiger partial charge in [-0.25, -0.2) is 0 Å². The molecule has 3 heteroatoms. The molecule has 17 heavy (non-hydrogen) atoms. The molecular formula is C14H20BrNO. The van der Waals surface area contributed by atoms with E-state index in [0.717, 1.165) is 30.4 Å². The summed E-state index contributed by atoms with van der Waals surface area (Å²) in [4.78, 5) is 0. The SMILES string of the molecule is Cc1cc(CNCC2CCCC2O)ccc1Br. The Morgan fingerprint density at radius 2 is 2.24 bits per heavy atom. The average molecular weight is 298 g/mol. The Balaban J connectivity index is 1.79. The molecule has 2 N–H and O–H groups in total. The Bertz CT molecular complexity index is 380. The third kappa shape index (κ3) is 3.54. The van der Waals surface area contributed by atoms with Crippen LogP contribution >= 0.6 is 15.9 Å². The monoisotopic (exact) mass is 297 g/mol. The number of nitrogens with one attached hydrogen (secondary N) is 1. The van der Waals surface area contributed by atoms with Crippen LogP contribution in [0.3, 0.4) is 0 Å².